The molecule has 122 valence electrons. The monoisotopic (exact) mass is 321 g/mol. The lowest BCUT2D eigenvalue weighted by molar-refractivity contribution is -0.131. The van der Waals surface area contributed by atoms with Crippen molar-refractivity contribution in [3.8, 4) is 5.75 Å². The predicted molar refractivity (Wildman–Crippen MR) is 95.3 cm³/mol. The van der Waals surface area contributed by atoms with Crippen LogP contribution in [0, 0.1) is 6.92 Å². The fraction of sp³-hybridized carbons (Fsp3) is 0.150. The summed E-state index contributed by atoms with van der Waals surface area (Å²) in [7, 11) is 0. The molecule has 4 nitrogen and oxygen atoms in total. The van der Waals surface area contributed by atoms with Crippen molar-refractivity contribution < 1.29 is 14.6 Å². The van der Waals surface area contributed by atoms with Gasteiger partial charge in [-0.05, 0) is 31.2 Å². The number of nitrogens with zero attached hydrogens (tertiary/aromatic N) is 1. The van der Waals surface area contributed by atoms with Gasteiger partial charge in [-0.1, -0.05) is 35.9 Å². The largest absolute Gasteiger partial charge is 0.492 e. The summed E-state index contributed by atoms with van der Waals surface area (Å²) < 4.78 is 7.88. The maximum absolute atomic E-state index is 10.8. The molecular weight excluding hydrogens is 302 g/mol. The van der Waals surface area contributed by atoms with Crippen LogP contribution in [0.25, 0.3) is 17.0 Å². The summed E-state index contributed by atoms with van der Waals surface area (Å²) >= 11 is 0. The van der Waals surface area contributed by atoms with E-state index in [1.54, 1.807) is 6.08 Å². The quantitative estimate of drug-likeness (QED) is 0.695. The molecule has 2 aromatic carbocycles. The highest BCUT2D eigenvalue weighted by Crippen LogP contribution is 2.22. The van der Waals surface area contributed by atoms with Crippen molar-refractivity contribution in [3.05, 3.63) is 71.9 Å². The summed E-state index contributed by atoms with van der Waals surface area (Å²) in [5, 5.41) is 9.86. The Labute approximate surface area is 140 Å². The van der Waals surface area contributed by atoms with Gasteiger partial charge in [0.1, 0.15) is 12.4 Å². The molecule has 0 aliphatic heterocycles. The molecule has 0 saturated carbocycles. The summed E-state index contributed by atoms with van der Waals surface area (Å²) in [5.41, 5.74) is 3.16. The van der Waals surface area contributed by atoms with Crippen LogP contribution in [0.1, 0.15) is 11.1 Å². The van der Waals surface area contributed by atoms with E-state index in [9.17, 15) is 4.79 Å². The second-order valence-corrected chi connectivity index (χ2v) is 5.63. The second-order valence-electron chi connectivity index (χ2n) is 5.63. The van der Waals surface area contributed by atoms with Gasteiger partial charge in [-0.3, -0.25) is 0 Å². The van der Waals surface area contributed by atoms with Gasteiger partial charge in [-0.15, -0.1) is 0 Å². The predicted octanol–water partition coefficient (Wildman–Crippen LogP) is 4.13. The van der Waals surface area contributed by atoms with Gasteiger partial charge >= 0.3 is 5.97 Å². The number of carbonyl (C=O) groups is 1. The molecule has 0 radical (unpaired) electrons. The Morgan fingerprint density at radius 2 is 1.92 bits per heavy atom. The number of hydrogen-bond acceptors (Lipinski definition) is 2. The minimum absolute atomic E-state index is 0.545. The Hall–Kier alpha value is -3.01. The number of fused-ring (bicyclic) bond motifs is 1. The molecule has 0 spiro atoms. The summed E-state index contributed by atoms with van der Waals surface area (Å²) in [5.74, 6) is -0.0995. The third-order valence-corrected chi connectivity index (χ3v) is 3.85. The van der Waals surface area contributed by atoms with E-state index in [2.05, 4.69) is 4.57 Å². The van der Waals surface area contributed by atoms with E-state index in [0.717, 1.165) is 28.3 Å². The molecule has 0 aliphatic rings. The average Bonchev–Trinajstić information content (AvgIpc) is 2.93. The molecule has 1 N–H and O–H groups in total. The van der Waals surface area contributed by atoms with E-state index < -0.39 is 5.97 Å². The highest BCUT2D eigenvalue weighted by molar-refractivity contribution is 5.93. The molecule has 0 fully saturated rings. The third-order valence-electron chi connectivity index (χ3n) is 3.85. The van der Waals surface area contributed by atoms with Gasteiger partial charge in [0.05, 0.1) is 6.54 Å². The zero-order valence-electron chi connectivity index (χ0n) is 13.5. The van der Waals surface area contributed by atoms with Crippen LogP contribution in [-0.4, -0.2) is 22.2 Å². The van der Waals surface area contributed by atoms with Gasteiger partial charge in [-0.25, -0.2) is 4.79 Å². The average molecular weight is 321 g/mol. The lowest BCUT2D eigenvalue weighted by Gasteiger charge is -2.08. The van der Waals surface area contributed by atoms with Crippen LogP contribution in [0.2, 0.25) is 0 Å². The Bertz CT molecular complexity index is 876. The Kier molecular flexibility index (Phi) is 4.66. The number of carboxylic acid groups (broad SMARTS) is 1. The minimum Gasteiger partial charge on any atom is -0.492 e. The zero-order chi connectivity index (χ0) is 16.9. The van der Waals surface area contributed by atoms with Gasteiger partial charge in [-0.2, -0.15) is 0 Å². The van der Waals surface area contributed by atoms with Crippen LogP contribution in [0.15, 0.2) is 60.8 Å². The maximum Gasteiger partial charge on any atom is 0.328 e. The van der Waals surface area contributed by atoms with Crippen LogP contribution in [0.4, 0.5) is 0 Å². The molecule has 1 aromatic heterocycles. The molecule has 0 saturated heterocycles. The van der Waals surface area contributed by atoms with Gasteiger partial charge in [0.25, 0.3) is 0 Å². The molecule has 0 aliphatic carbocycles. The van der Waals surface area contributed by atoms with E-state index in [1.165, 1.54) is 5.56 Å². The number of para-hydroxylation sites is 1. The van der Waals surface area contributed by atoms with Crippen molar-refractivity contribution in [2.45, 2.75) is 13.5 Å². The first-order valence-electron chi connectivity index (χ1n) is 7.82. The highest BCUT2D eigenvalue weighted by Gasteiger charge is 2.06. The number of rotatable bonds is 6. The topological polar surface area (TPSA) is 51.5 Å². The van der Waals surface area contributed by atoms with E-state index in [4.69, 9.17) is 9.84 Å². The molecule has 0 amide bonds. The number of aromatic nitrogens is 1. The zero-order valence-corrected chi connectivity index (χ0v) is 13.5. The van der Waals surface area contributed by atoms with Crippen LogP contribution in [0.5, 0.6) is 5.75 Å². The smallest absolute Gasteiger partial charge is 0.328 e. The summed E-state index contributed by atoms with van der Waals surface area (Å²) in [6.45, 7) is 3.28. The fourth-order valence-electron chi connectivity index (χ4n) is 2.65. The number of aryl methyl sites for hydroxylation is 1. The van der Waals surface area contributed by atoms with Crippen molar-refractivity contribution in [1.82, 2.24) is 4.57 Å². The molecular formula is C20H19NO3. The van der Waals surface area contributed by atoms with Gasteiger partial charge in [0, 0.05) is 28.7 Å². The first-order valence-corrected chi connectivity index (χ1v) is 7.82. The number of benzene rings is 2. The fourth-order valence-corrected chi connectivity index (χ4v) is 2.65. The molecule has 0 unspecified atom stereocenters. The van der Waals surface area contributed by atoms with Crippen molar-refractivity contribution in [2.24, 2.45) is 0 Å². The van der Waals surface area contributed by atoms with Crippen molar-refractivity contribution in [1.29, 1.82) is 0 Å². The molecule has 4 heteroatoms. The lowest BCUT2D eigenvalue weighted by Crippen LogP contribution is -2.07. The SMILES string of the molecule is Cc1ccc(OCCn2cc(/C=C/C(=O)O)c3ccccc32)cc1. The Morgan fingerprint density at radius 3 is 2.67 bits per heavy atom. The standard InChI is InChI=1S/C20H19NO3/c1-15-6-9-17(10-7-15)24-13-12-21-14-16(8-11-20(22)23)18-4-2-3-5-19(18)21/h2-11,14H,12-13H2,1H3,(H,22,23)/b11-8+. The van der Waals surface area contributed by atoms with E-state index in [1.807, 2.05) is 61.7 Å². The number of ether oxygens (including phenoxy) is 1. The van der Waals surface area contributed by atoms with E-state index >= 15 is 0 Å². The van der Waals surface area contributed by atoms with E-state index in [0.29, 0.717) is 13.2 Å². The van der Waals surface area contributed by atoms with Gasteiger partial charge < -0.3 is 14.4 Å². The first kappa shape index (κ1) is 15.9. The maximum atomic E-state index is 10.8. The Morgan fingerprint density at radius 1 is 1.17 bits per heavy atom. The van der Waals surface area contributed by atoms with Crippen LogP contribution < -0.4 is 4.74 Å². The van der Waals surface area contributed by atoms with Gasteiger partial charge in [0.15, 0.2) is 0 Å². The van der Waals surface area contributed by atoms with Crippen LogP contribution >= 0.6 is 0 Å². The summed E-state index contributed by atoms with van der Waals surface area (Å²) in [4.78, 5) is 10.8. The van der Waals surface area contributed by atoms with Crippen LogP contribution in [-0.2, 0) is 11.3 Å². The number of hydrogen-bond donors (Lipinski definition) is 1. The van der Waals surface area contributed by atoms with Crippen molar-refractivity contribution in [3.63, 3.8) is 0 Å². The summed E-state index contributed by atoms with van der Waals surface area (Å²) in [6, 6.07) is 15.9. The minimum atomic E-state index is -0.950. The lowest BCUT2D eigenvalue weighted by atomic mass is 10.1. The second kappa shape index (κ2) is 7.04. The molecule has 0 atom stereocenters. The number of aliphatic carboxylic acids is 1. The molecule has 3 rings (SSSR count). The third kappa shape index (κ3) is 3.66. The number of carboxylic acids is 1. The van der Waals surface area contributed by atoms with Crippen molar-refractivity contribution >= 4 is 22.9 Å². The molecule has 24 heavy (non-hydrogen) atoms. The van der Waals surface area contributed by atoms with Crippen molar-refractivity contribution in [2.75, 3.05) is 6.61 Å². The van der Waals surface area contributed by atoms with E-state index in [-0.39, 0.29) is 0 Å². The highest BCUT2D eigenvalue weighted by atomic mass is 16.5. The molecule has 1 heterocycles. The Balaban J connectivity index is 1.76. The van der Waals surface area contributed by atoms with Gasteiger partial charge in [0.2, 0.25) is 0 Å². The summed E-state index contributed by atoms with van der Waals surface area (Å²) in [6.07, 6.45) is 4.75. The van der Waals surface area contributed by atoms with Crippen LogP contribution in [0.3, 0.4) is 0 Å². The molecule has 3 aromatic rings. The normalized spacial score (nSPS) is 11.2. The first-order chi connectivity index (χ1) is 11.6. The molecule has 0 bridgehead atoms.